The third kappa shape index (κ3) is 11.1. The van der Waals surface area contributed by atoms with Crippen LogP contribution in [-0.2, 0) is 17.8 Å². The average molecular weight is 674 g/mol. The summed E-state index contributed by atoms with van der Waals surface area (Å²) < 4.78 is 69.2. The molecule has 47 heavy (non-hydrogen) atoms. The fourth-order valence-corrected chi connectivity index (χ4v) is 4.88. The normalized spacial score (nSPS) is 20.0. The van der Waals surface area contributed by atoms with Gasteiger partial charge in [0, 0.05) is 31.7 Å². The largest absolute Gasteiger partial charge is 0.408 e. The fourth-order valence-electron chi connectivity index (χ4n) is 4.88. The minimum atomic E-state index is -4.46. The third-order valence-corrected chi connectivity index (χ3v) is 7.47. The molecule has 4 heterocycles. The molecule has 6 rings (SSSR count). The molecule has 0 spiro atoms. The van der Waals surface area contributed by atoms with Crippen molar-refractivity contribution in [3.8, 4) is 0 Å². The fraction of sp³-hybridized carbons (Fsp3) is 0.621. The monoisotopic (exact) mass is 673 g/mol. The van der Waals surface area contributed by atoms with Crippen molar-refractivity contribution in [2.24, 2.45) is 11.7 Å². The summed E-state index contributed by atoms with van der Waals surface area (Å²) in [7, 11) is 1.47. The number of carbonyl (C=O) groups is 3. The molecule has 2 atom stereocenters. The summed E-state index contributed by atoms with van der Waals surface area (Å²) in [5, 5.41) is 18.6. The maximum atomic E-state index is 12.9. The Kier molecular flexibility index (Phi) is 13.0. The van der Waals surface area contributed by atoms with Crippen molar-refractivity contribution in [1.82, 2.24) is 40.9 Å². The second-order valence-corrected chi connectivity index (χ2v) is 11.1. The standard InChI is InChI=1S/C19H18F3N7O3.C6H10F2.C2H6N2O.C2H6/c20-19(21,22)13-5-11(17(30)26-13)3-9-4-14-25-12(8-29(14)24-6-9)7-23-18(31)16-15(10-1-2-10)27-32-28-16;7-6(8)4-2-1-3-5-6;1-4-2(3)5;1-2/h4,6,8,10-11,13H,1-3,5,7H2,(H,23,31)(H,26,30);1-5H2;1H3,(H3,3,4,5);1-2H3/t11-,13?;;;/m0.../s1. The van der Waals surface area contributed by atoms with Crippen LogP contribution in [0.15, 0.2) is 23.1 Å². The van der Waals surface area contributed by atoms with Crippen LogP contribution < -0.4 is 21.7 Å². The van der Waals surface area contributed by atoms with Crippen LogP contribution in [-0.4, -0.2) is 67.9 Å². The molecule has 3 aromatic rings. The minimum absolute atomic E-state index is 0.118. The van der Waals surface area contributed by atoms with E-state index in [9.17, 15) is 36.3 Å². The molecule has 5 N–H and O–H groups in total. The number of hydrogen-bond acceptors (Lipinski definition) is 8. The lowest BCUT2D eigenvalue weighted by atomic mass is 9.97. The van der Waals surface area contributed by atoms with Crippen molar-refractivity contribution >= 4 is 23.5 Å². The van der Waals surface area contributed by atoms with Gasteiger partial charge < -0.3 is 21.7 Å². The van der Waals surface area contributed by atoms with E-state index >= 15 is 0 Å². The number of fused-ring (bicyclic) bond motifs is 1. The Labute approximate surface area is 267 Å². The van der Waals surface area contributed by atoms with E-state index in [4.69, 9.17) is 0 Å². The molecule has 0 bridgehead atoms. The minimum Gasteiger partial charge on any atom is -0.352 e. The Morgan fingerprint density at radius 1 is 1.15 bits per heavy atom. The summed E-state index contributed by atoms with van der Waals surface area (Å²) in [4.78, 5) is 38.2. The molecule has 0 radical (unpaired) electrons. The first kappa shape index (κ1) is 37.1. The van der Waals surface area contributed by atoms with Gasteiger partial charge in [-0.1, -0.05) is 25.4 Å². The lowest BCUT2D eigenvalue weighted by Gasteiger charge is -2.20. The average Bonchev–Trinajstić information content (AvgIpc) is 3.41. The molecule has 3 fully saturated rings. The zero-order valence-electron chi connectivity index (χ0n) is 26.4. The number of urea groups is 1. The number of aromatic nitrogens is 5. The highest BCUT2D eigenvalue weighted by Crippen LogP contribution is 2.40. The summed E-state index contributed by atoms with van der Waals surface area (Å²) in [5.74, 6) is -3.92. The molecule has 18 heteroatoms. The molecule has 1 unspecified atom stereocenters. The molecule has 260 valence electrons. The van der Waals surface area contributed by atoms with Crippen molar-refractivity contribution in [2.75, 3.05) is 7.05 Å². The molecule has 2 aliphatic carbocycles. The van der Waals surface area contributed by atoms with E-state index in [1.165, 1.54) is 17.8 Å². The molecule has 3 aromatic heterocycles. The number of carbonyl (C=O) groups excluding carboxylic acids is 3. The zero-order chi connectivity index (χ0) is 34.8. The van der Waals surface area contributed by atoms with Gasteiger partial charge in [-0.3, -0.25) is 9.59 Å². The Balaban J connectivity index is 0.000000334. The van der Waals surface area contributed by atoms with Crippen LogP contribution in [0.4, 0.5) is 26.7 Å². The third-order valence-electron chi connectivity index (χ3n) is 7.47. The van der Waals surface area contributed by atoms with Crippen molar-refractivity contribution in [3.05, 3.63) is 41.1 Å². The zero-order valence-corrected chi connectivity index (χ0v) is 26.4. The first-order chi connectivity index (χ1) is 22.3. The van der Waals surface area contributed by atoms with Crippen LogP contribution in [0.2, 0.25) is 0 Å². The van der Waals surface area contributed by atoms with E-state index in [0.717, 1.165) is 19.3 Å². The van der Waals surface area contributed by atoms with Gasteiger partial charge in [0.25, 0.3) is 5.91 Å². The van der Waals surface area contributed by atoms with Gasteiger partial charge >= 0.3 is 12.2 Å². The number of nitrogens with one attached hydrogen (secondary N) is 3. The molecular formula is C29H40F5N9O4. The van der Waals surface area contributed by atoms with Crippen LogP contribution in [0.25, 0.3) is 5.65 Å². The second kappa shape index (κ2) is 16.4. The maximum Gasteiger partial charge on any atom is 0.408 e. The number of rotatable bonds is 6. The predicted molar refractivity (Wildman–Crippen MR) is 158 cm³/mol. The van der Waals surface area contributed by atoms with Gasteiger partial charge in [-0.2, -0.15) is 18.3 Å². The summed E-state index contributed by atoms with van der Waals surface area (Å²) in [5.41, 5.74) is 6.86. The molecule has 0 aromatic carbocycles. The lowest BCUT2D eigenvalue weighted by Crippen LogP contribution is -2.38. The van der Waals surface area contributed by atoms with Crippen molar-refractivity contribution in [3.63, 3.8) is 0 Å². The molecular weight excluding hydrogens is 633 g/mol. The van der Waals surface area contributed by atoms with E-state index in [1.54, 1.807) is 12.3 Å². The number of halogens is 5. The summed E-state index contributed by atoms with van der Waals surface area (Å²) in [6, 6.07) is -0.650. The van der Waals surface area contributed by atoms with Gasteiger partial charge in [0.2, 0.25) is 11.8 Å². The van der Waals surface area contributed by atoms with Gasteiger partial charge in [-0.25, -0.2) is 27.7 Å². The van der Waals surface area contributed by atoms with Crippen LogP contribution in [0.3, 0.4) is 0 Å². The quantitative estimate of drug-likeness (QED) is 0.277. The number of amides is 4. The van der Waals surface area contributed by atoms with Gasteiger partial charge in [0.15, 0.2) is 11.3 Å². The highest BCUT2D eigenvalue weighted by atomic mass is 19.4. The molecule has 1 aliphatic heterocycles. The summed E-state index contributed by atoms with van der Waals surface area (Å²) in [6.07, 6.45) is 3.05. The van der Waals surface area contributed by atoms with E-state index in [2.05, 4.69) is 41.4 Å². The Morgan fingerprint density at radius 2 is 1.81 bits per heavy atom. The highest BCUT2D eigenvalue weighted by Gasteiger charge is 2.47. The molecule has 3 aliphatic rings. The van der Waals surface area contributed by atoms with Crippen LogP contribution >= 0.6 is 0 Å². The SMILES string of the molecule is CC.CNC(N)=O.FC1(F)CCCCC1.O=C(NCc1cn2ncc(C[C@H]3CC(C(F)(F)F)NC3=O)cc2n1)c1nonc1C1CC1. The van der Waals surface area contributed by atoms with Crippen molar-refractivity contribution < 1.29 is 41.0 Å². The first-order valence-electron chi connectivity index (χ1n) is 15.4. The van der Waals surface area contributed by atoms with Crippen LogP contribution in [0.1, 0.15) is 98.6 Å². The Bertz CT molecular complexity index is 1480. The predicted octanol–water partition coefficient (Wildman–Crippen LogP) is 4.43. The maximum absolute atomic E-state index is 12.9. The van der Waals surface area contributed by atoms with Crippen molar-refractivity contribution in [1.29, 1.82) is 0 Å². The number of primary amides is 1. The lowest BCUT2D eigenvalue weighted by molar-refractivity contribution is -0.154. The van der Waals surface area contributed by atoms with E-state index in [1.807, 2.05) is 19.2 Å². The van der Waals surface area contributed by atoms with E-state index in [0.29, 0.717) is 35.4 Å². The Hall–Kier alpha value is -4.38. The highest BCUT2D eigenvalue weighted by molar-refractivity contribution is 5.93. The van der Waals surface area contributed by atoms with Crippen LogP contribution in [0, 0.1) is 5.92 Å². The summed E-state index contributed by atoms with van der Waals surface area (Å²) in [6.45, 7) is 4.12. The number of imidazole rings is 1. The second-order valence-electron chi connectivity index (χ2n) is 11.1. The molecule has 4 amide bonds. The van der Waals surface area contributed by atoms with Crippen molar-refractivity contribution in [2.45, 2.75) is 102 Å². The van der Waals surface area contributed by atoms with Gasteiger partial charge in [0.05, 0.1) is 24.6 Å². The van der Waals surface area contributed by atoms with Gasteiger partial charge in [-0.15, -0.1) is 0 Å². The Morgan fingerprint density at radius 3 is 2.34 bits per heavy atom. The molecule has 13 nitrogen and oxygen atoms in total. The van der Waals surface area contributed by atoms with E-state index in [-0.39, 0.29) is 43.8 Å². The first-order valence-corrected chi connectivity index (χ1v) is 15.4. The number of hydrogen-bond donors (Lipinski definition) is 4. The molecule has 2 saturated carbocycles. The van der Waals surface area contributed by atoms with Gasteiger partial charge in [-0.05, 0) is 55.3 Å². The number of alkyl halides is 5. The number of nitrogens with two attached hydrogens (primary N) is 1. The number of nitrogens with zero attached hydrogens (tertiary/aromatic N) is 5. The summed E-state index contributed by atoms with van der Waals surface area (Å²) >= 11 is 0. The van der Waals surface area contributed by atoms with Gasteiger partial charge in [0.1, 0.15) is 11.7 Å². The van der Waals surface area contributed by atoms with Crippen LogP contribution in [0.5, 0.6) is 0 Å². The smallest absolute Gasteiger partial charge is 0.352 e. The van der Waals surface area contributed by atoms with E-state index < -0.39 is 41.9 Å². The molecule has 1 saturated heterocycles. The topological polar surface area (TPSA) is 182 Å².